The molecule has 4 aromatic carbocycles. The summed E-state index contributed by atoms with van der Waals surface area (Å²) in [7, 11) is 0. The topological polar surface area (TPSA) is 153 Å². The summed E-state index contributed by atoms with van der Waals surface area (Å²) in [5.74, 6) is -0.519. The highest BCUT2D eigenvalue weighted by atomic mass is 16.5. The van der Waals surface area contributed by atoms with Gasteiger partial charge in [-0.2, -0.15) is 0 Å². The van der Waals surface area contributed by atoms with Gasteiger partial charge in [0.05, 0.1) is 0 Å². The molecular formula is C47H52N6O6. The van der Waals surface area contributed by atoms with Crippen molar-refractivity contribution in [2.24, 2.45) is 4.99 Å². The molecule has 4 atom stereocenters. The molecule has 4 amide bonds. The van der Waals surface area contributed by atoms with Crippen molar-refractivity contribution in [3.8, 4) is 0 Å². The number of ether oxygens (including phenoxy) is 1. The minimum absolute atomic E-state index is 0.116. The van der Waals surface area contributed by atoms with E-state index >= 15 is 0 Å². The number of hydrogen-bond acceptors (Lipinski definition) is 9. The number of imide groups is 1. The number of amides is 4. The van der Waals surface area contributed by atoms with Crippen LogP contribution in [0.1, 0.15) is 95.6 Å². The first kappa shape index (κ1) is 40.1. The third-order valence-corrected chi connectivity index (χ3v) is 11.9. The predicted octanol–water partition coefficient (Wildman–Crippen LogP) is 5.65. The van der Waals surface area contributed by atoms with Crippen molar-refractivity contribution < 1.29 is 29.0 Å². The lowest BCUT2D eigenvalue weighted by atomic mass is 9.82. The molecule has 4 aliphatic heterocycles. The van der Waals surface area contributed by atoms with Gasteiger partial charge >= 0.3 is 0 Å². The third-order valence-electron chi connectivity index (χ3n) is 11.9. The molecular weight excluding hydrogens is 745 g/mol. The van der Waals surface area contributed by atoms with Gasteiger partial charge in [0, 0.05) is 67.8 Å². The van der Waals surface area contributed by atoms with Crippen molar-refractivity contribution in [2.45, 2.75) is 94.8 Å². The molecule has 1 fully saturated rings. The minimum atomic E-state index is -0.720. The fourth-order valence-corrected chi connectivity index (χ4v) is 9.01. The lowest BCUT2D eigenvalue weighted by Gasteiger charge is -2.34. The van der Waals surface area contributed by atoms with Crippen molar-refractivity contribution in [3.05, 3.63) is 137 Å². The fourth-order valence-electron chi connectivity index (χ4n) is 9.01. The molecule has 4 N–H and O–H groups in total. The van der Waals surface area contributed by atoms with Crippen LogP contribution in [0.15, 0.2) is 108 Å². The zero-order chi connectivity index (χ0) is 40.8. The van der Waals surface area contributed by atoms with E-state index in [-0.39, 0.29) is 43.2 Å². The molecule has 12 nitrogen and oxygen atoms in total. The number of anilines is 1. The van der Waals surface area contributed by atoms with E-state index in [9.17, 15) is 24.3 Å². The average Bonchev–Trinajstić information content (AvgIpc) is 3.73. The Morgan fingerprint density at radius 2 is 1.63 bits per heavy atom. The second-order valence-electron chi connectivity index (χ2n) is 16.2. The Hall–Kier alpha value is -5.69. The minimum Gasteiger partial charge on any atom is -0.467 e. The first-order valence-corrected chi connectivity index (χ1v) is 20.9. The number of benzene rings is 4. The van der Waals surface area contributed by atoms with E-state index in [0.29, 0.717) is 61.7 Å². The normalized spacial score (nSPS) is 21.7. The lowest BCUT2D eigenvalue weighted by molar-refractivity contribution is -0.137. The number of β-amino-alcohol motifs (C(OH)–C–C–N with tert-alkyl or cyclic N) is 1. The van der Waals surface area contributed by atoms with E-state index in [4.69, 9.17) is 9.73 Å². The number of rotatable bonds is 16. The van der Waals surface area contributed by atoms with Gasteiger partial charge in [0.2, 0.25) is 23.6 Å². The second kappa shape index (κ2) is 18.1. The van der Waals surface area contributed by atoms with E-state index in [2.05, 4.69) is 69.4 Å². The van der Waals surface area contributed by atoms with Gasteiger partial charge in [-0.15, -0.1) is 0 Å². The van der Waals surface area contributed by atoms with Crippen LogP contribution in [0.4, 0.5) is 5.69 Å². The Kier molecular flexibility index (Phi) is 12.3. The Bertz CT molecular complexity index is 2200. The van der Waals surface area contributed by atoms with Crippen LogP contribution >= 0.6 is 0 Å². The van der Waals surface area contributed by atoms with Crippen molar-refractivity contribution >= 4 is 35.2 Å². The lowest BCUT2D eigenvalue weighted by Crippen LogP contribution is -2.52. The summed E-state index contributed by atoms with van der Waals surface area (Å²) in [6, 6.07) is 33.5. The Morgan fingerprint density at radius 1 is 0.881 bits per heavy atom. The summed E-state index contributed by atoms with van der Waals surface area (Å²) < 4.78 is 6.78. The van der Waals surface area contributed by atoms with Crippen LogP contribution in [0.3, 0.4) is 0 Å². The highest BCUT2D eigenvalue weighted by molar-refractivity contribution is 6.06. The van der Waals surface area contributed by atoms with Gasteiger partial charge in [0.1, 0.15) is 17.8 Å². The van der Waals surface area contributed by atoms with Crippen LogP contribution in [-0.4, -0.2) is 81.9 Å². The Labute approximate surface area is 345 Å². The molecule has 1 saturated heterocycles. The summed E-state index contributed by atoms with van der Waals surface area (Å²) >= 11 is 0. The number of carbonyl (C=O) groups is 4. The Balaban J connectivity index is 0.798. The highest BCUT2D eigenvalue weighted by Gasteiger charge is 2.51. The molecule has 0 saturated carbocycles. The maximum Gasteiger partial charge on any atom is 0.255 e. The highest BCUT2D eigenvalue weighted by Crippen LogP contribution is 2.46. The molecule has 4 aliphatic rings. The van der Waals surface area contributed by atoms with Crippen LogP contribution in [0.2, 0.25) is 0 Å². The van der Waals surface area contributed by atoms with Crippen LogP contribution < -0.4 is 16.0 Å². The predicted molar refractivity (Wildman–Crippen MR) is 224 cm³/mol. The first-order valence-electron chi connectivity index (χ1n) is 20.9. The zero-order valence-corrected chi connectivity index (χ0v) is 33.3. The summed E-state index contributed by atoms with van der Waals surface area (Å²) in [6.45, 7) is 2.63. The summed E-state index contributed by atoms with van der Waals surface area (Å²) in [5, 5.41) is 19.9. The molecule has 0 bridgehead atoms. The van der Waals surface area contributed by atoms with Gasteiger partial charge in [0.15, 0.2) is 6.10 Å². The number of carbonyl (C=O) groups excluding carboxylic acids is 4. The molecule has 4 heterocycles. The third kappa shape index (κ3) is 9.15. The molecule has 2 unspecified atom stereocenters. The van der Waals surface area contributed by atoms with Crippen molar-refractivity contribution in [1.82, 2.24) is 20.4 Å². The van der Waals surface area contributed by atoms with Gasteiger partial charge in [0.25, 0.3) is 5.91 Å². The number of aliphatic hydroxyl groups excluding tert-OH is 1. The largest absolute Gasteiger partial charge is 0.467 e. The molecule has 0 radical (unpaired) electrons. The SMILES string of the molecule is O=C1CCC(N2Cc3c(NC(=O)CCCCCCCNC(O)CN4Cc5ccccc5[C@@H]5OC(c6ccccc6)=N[C@]5(Cc5ccccc5)C4)cccc3C2=O)C(=O)N1. The van der Waals surface area contributed by atoms with E-state index in [0.717, 1.165) is 43.2 Å². The molecule has 8 rings (SSSR count). The number of aliphatic hydroxyl groups is 1. The quantitative estimate of drug-likeness (QED) is 0.0646. The number of fused-ring (bicyclic) bond motifs is 4. The molecule has 4 aromatic rings. The van der Waals surface area contributed by atoms with Gasteiger partial charge in [-0.3, -0.25) is 34.7 Å². The smallest absolute Gasteiger partial charge is 0.255 e. The maximum absolute atomic E-state index is 13.1. The number of nitrogens with one attached hydrogen (secondary N) is 3. The number of unbranched alkanes of at least 4 members (excludes halogenated alkanes) is 4. The van der Waals surface area contributed by atoms with Gasteiger partial charge < -0.3 is 20.1 Å². The summed E-state index contributed by atoms with van der Waals surface area (Å²) in [5.41, 5.74) is 5.62. The molecule has 0 aromatic heterocycles. The summed E-state index contributed by atoms with van der Waals surface area (Å²) in [4.78, 5) is 59.3. The summed E-state index contributed by atoms with van der Waals surface area (Å²) in [6.07, 6.45) is 5.02. The maximum atomic E-state index is 13.1. The number of hydrogen-bond donors (Lipinski definition) is 4. The van der Waals surface area contributed by atoms with E-state index < -0.39 is 23.7 Å². The molecule has 59 heavy (non-hydrogen) atoms. The monoisotopic (exact) mass is 796 g/mol. The number of nitrogens with zero attached hydrogens (tertiary/aromatic N) is 3. The fraction of sp³-hybridized carbons (Fsp3) is 0.383. The van der Waals surface area contributed by atoms with Crippen LogP contribution in [-0.2, 0) is 38.6 Å². The second-order valence-corrected chi connectivity index (χ2v) is 16.2. The number of piperidine rings is 1. The van der Waals surface area contributed by atoms with Crippen molar-refractivity contribution in [3.63, 3.8) is 0 Å². The van der Waals surface area contributed by atoms with E-state index in [1.807, 2.05) is 36.4 Å². The molecule has 0 aliphatic carbocycles. The van der Waals surface area contributed by atoms with Crippen LogP contribution in [0, 0.1) is 0 Å². The van der Waals surface area contributed by atoms with Crippen molar-refractivity contribution in [2.75, 3.05) is 25.0 Å². The molecule has 12 heteroatoms. The standard InChI is InChI=1S/C47H52N6O6/c54-40(49-38-22-14-21-36-37(38)29-53(46(36)58)39-24-25-41(55)50-44(39)57)23-10-2-1-3-13-26-48-42(56)30-52-28-34-19-11-12-20-35(34)43-47(31-52,27-32-15-6-4-7-16-32)51-45(59-43)33-17-8-5-9-18-33/h4-9,11-12,14-22,39,42-43,48,56H,1-3,10,13,23-31H2,(H,49,54)(H,50,55,57)/t39?,42?,43-,47+/m0/s1. The number of aliphatic imine (C=N–C) groups is 1. The first-order chi connectivity index (χ1) is 28.8. The molecule has 0 spiro atoms. The zero-order valence-electron chi connectivity index (χ0n) is 33.3. The van der Waals surface area contributed by atoms with Crippen LogP contribution in [0.25, 0.3) is 0 Å². The van der Waals surface area contributed by atoms with E-state index in [1.165, 1.54) is 16.0 Å². The Morgan fingerprint density at radius 3 is 2.44 bits per heavy atom. The van der Waals surface area contributed by atoms with Crippen molar-refractivity contribution in [1.29, 1.82) is 0 Å². The van der Waals surface area contributed by atoms with Crippen LogP contribution in [0.5, 0.6) is 0 Å². The van der Waals surface area contributed by atoms with E-state index in [1.54, 1.807) is 18.2 Å². The molecule has 306 valence electrons. The average molecular weight is 797 g/mol. The van der Waals surface area contributed by atoms with Gasteiger partial charge in [-0.1, -0.05) is 98.1 Å². The van der Waals surface area contributed by atoms with Gasteiger partial charge in [-0.05, 0) is 66.8 Å². The van der Waals surface area contributed by atoms with Gasteiger partial charge in [-0.25, -0.2) is 4.99 Å².